The van der Waals surface area contributed by atoms with E-state index in [9.17, 15) is 5.21 Å². The predicted octanol–water partition coefficient (Wildman–Crippen LogP) is 17.3. The molecule has 0 bridgehead atoms. The van der Waals surface area contributed by atoms with E-state index >= 15 is 0 Å². The summed E-state index contributed by atoms with van der Waals surface area (Å²) < 4.78 is 5.93. The average Bonchev–Trinajstić information content (AvgIpc) is 3.25. The lowest BCUT2D eigenvalue weighted by molar-refractivity contribution is -0.0710. The number of unbranched alkanes of at least 4 members (excludes halogenated alkanes) is 26. The molecular formula is C55H130N4O3. The molecule has 0 aromatic heterocycles. The molecule has 0 aliphatic rings. The number of hydroxylamine groups is 2. The minimum atomic E-state index is 0. The zero-order valence-corrected chi connectivity index (χ0v) is 42.4. The van der Waals surface area contributed by atoms with Gasteiger partial charge in [-0.3, -0.25) is 0 Å². The fourth-order valence-corrected chi connectivity index (χ4v) is 6.78. The van der Waals surface area contributed by atoms with Crippen molar-refractivity contribution in [3.63, 3.8) is 0 Å². The number of nitrogens with zero attached hydrogens (tertiary/aromatic N) is 2. The molecule has 0 spiro atoms. The maximum absolute atomic E-state index is 9.29. The van der Waals surface area contributed by atoms with Crippen molar-refractivity contribution in [2.45, 2.75) is 276 Å². The van der Waals surface area contributed by atoms with Gasteiger partial charge in [0.25, 0.3) is 0 Å². The van der Waals surface area contributed by atoms with E-state index in [2.05, 4.69) is 57.1 Å². The van der Waals surface area contributed by atoms with Crippen LogP contribution in [0.2, 0.25) is 0 Å². The second kappa shape index (κ2) is 80.7. The van der Waals surface area contributed by atoms with E-state index in [4.69, 9.17) is 9.84 Å². The van der Waals surface area contributed by atoms with Crippen LogP contribution in [-0.2, 0) is 4.74 Å². The third-order valence-electron chi connectivity index (χ3n) is 10.5. The lowest BCUT2D eigenvalue weighted by atomic mass is 10.0. The van der Waals surface area contributed by atoms with Crippen LogP contribution in [0.15, 0.2) is 12.7 Å². The van der Waals surface area contributed by atoms with Gasteiger partial charge in [-0.25, -0.2) is 0 Å². The molecule has 0 saturated carbocycles. The molecule has 0 rings (SSSR count). The number of nitrogens with one attached hydrogen (secondary N) is 1. The van der Waals surface area contributed by atoms with Gasteiger partial charge in [-0.1, -0.05) is 237 Å². The number of hydrogen-bond acceptors (Lipinski definition) is 7. The highest BCUT2D eigenvalue weighted by Crippen LogP contribution is 2.14. The van der Waals surface area contributed by atoms with Crippen molar-refractivity contribution in [3.05, 3.63) is 12.7 Å². The molecule has 62 heavy (non-hydrogen) atoms. The van der Waals surface area contributed by atoms with Crippen molar-refractivity contribution in [2.24, 2.45) is 11.7 Å². The Labute approximate surface area is 397 Å². The highest BCUT2D eigenvalue weighted by Gasteiger charge is 2.06. The summed E-state index contributed by atoms with van der Waals surface area (Å²) in [6, 6.07) is 0. The smallest absolute Gasteiger partial charge is 0.0726 e. The fourth-order valence-electron chi connectivity index (χ4n) is 6.78. The van der Waals surface area contributed by atoms with E-state index < -0.39 is 0 Å². The number of nitrogens with two attached hydrogens (primary N) is 1. The van der Waals surface area contributed by atoms with Crippen molar-refractivity contribution in [1.82, 2.24) is 15.3 Å². The SMILES string of the molecule is C.C.C.C=CCCCCCCN(CCCCCCCC(C)COCCCCCCCCC)CCNCN(C)O.CC.CCCCCCCCC.CCCCCCCCCO.CN.[HH]. The van der Waals surface area contributed by atoms with Crippen molar-refractivity contribution < 1.29 is 16.5 Å². The lowest BCUT2D eigenvalue weighted by Crippen LogP contribution is -2.37. The minimum absolute atomic E-state index is 0. The van der Waals surface area contributed by atoms with Crippen LogP contribution in [0.4, 0.5) is 0 Å². The summed E-state index contributed by atoms with van der Waals surface area (Å²) in [6.07, 6.45) is 44.8. The topological polar surface area (TPSA) is 94.2 Å². The van der Waals surface area contributed by atoms with Crippen molar-refractivity contribution in [3.8, 4) is 0 Å². The summed E-state index contributed by atoms with van der Waals surface area (Å²) >= 11 is 0. The van der Waals surface area contributed by atoms with Gasteiger partial charge in [0.2, 0.25) is 0 Å². The Balaban J connectivity index is -0.000000127. The Morgan fingerprint density at radius 1 is 0.581 bits per heavy atom. The Morgan fingerprint density at radius 3 is 1.35 bits per heavy atom. The van der Waals surface area contributed by atoms with E-state index in [1.54, 1.807) is 7.05 Å². The molecule has 0 fully saturated rings. The predicted molar refractivity (Wildman–Crippen MR) is 290 cm³/mol. The summed E-state index contributed by atoms with van der Waals surface area (Å²) in [6.45, 7) is 26.4. The molecule has 0 aromatic rings. The molecule has 0 amide bonds. The van der Waals surface area contributed by atoms with Gasteiger partial charge in [-0.05, 0) is 71.0 Å². The van der Waals surface area contributed by atoms with Crippen molar-refractivity contribution >= 4 is 0 Å². The van der Waals surface area contributed by atoms with Crippen LogP contribution in [-0.4, -0.2) is 87.0 Å². The number of aliphatic hydroxyl groups excluding tert-OH is 1. The summed E-state index contributed by atoms with van der Waals surface area (Å²) in [7, 11) is 3.18. The van der Waals surface area contributed by atoms with Crippen LogP contribution >= 0.6 is 0 Å². The average molecular weight is 896 g/mol. The van der Waals surface area contributed by atoms with Crippen molar-refractivity contribution in [1.29, 1.82) is 0 Å². The second-order valence-electron chi connectivity index (χ2n) is 16.6. The zero-order valence-electron chi connectivity index (χ0n) is 42.4. The molecule has 0 aromatic carbocycles. The monoisotopic (exact) mass is 895 g/mol. The molecule has 1 atom stereocenters. The van der Waals surface area contributed by atoms with Crippen LogP contribution in [0.25, 0.3) is 0 Å². The normalized spacial score (nSPS) is 10.6. The number of aliphatic hydroxyl groups is 1. The lowest BCUT2D eigenvalue weighted by Gasteiger charge is -2.23. The third kappa shape index (κ3) is 86.5. The van der Waals surface area contributed by atoms with E-state index in [0.717, 1.165) is 39.1 Å². The molecule has 0 radical (unpaired) electrons. The largest absolute Gasteiger partial charge is 0.396 e. The van der Waals surface area contributed by atoms with Crippen LogP contribution in [0.3, 0.4) is 0 Å². The standard InChI is InChI=1S/C31H65N3O2.C9H20O.C9H20.C2H6.CH5N.3CH4.H2/c1-5-7-9-11-13-18-22-28-36-29-31(3)23-19-15-14-17-21-26-34(27-24-32-30-33(4)35)25-20-16-12-10-8-6-2;1-2-3-4-5-6-7-8-9-10;1-3-5-7-9-8-6-4-2;2*1-2;;;;/h6,31-32,35H,2,5,7-30H2,1,3-4H3;10H,2-9H2,1H3;3-9H2,1-2H3;1-2H3;2H2,1H3;3*1H4;1H. The molecule has 0 saturated heterocycles. The van der Waals surface area contributed by atoms with E-state index in [1.807, 2.05) is 19.9 Å². The van der Waals surface area contributed by atoms with Gasteiger partial charge < -0.3 is 31.0 Å². The Morgan fingerprint density at radius 2 is 0.952 bits per heavy atom. The van der Waals surface area contributed by atoms with Crippen LogP contribution in [0.1, 0.15) is 278 Å². The van der Waals surface area contributed by atoms with Gasteiger partial charge in [0, 0.05) is 41.4 Å². The van der Waals surface area contributed by atoms with E-state index in [-0.39, 0.29) is 23.7 Å². The number of hydrogen-bond donors (Lipinski definition) is 4. The molecule has 7 nitrogen and oxygen atoms in total. The highest BCUT2D eigenvalue weighted by atomic mass is 16.5. The van der Waals surface area contributed by atoms with E-state index in [1.165, 1.54) is 218 Å². The van der Waals surface area contributed by atoms with E-state index in [0.29, 0.717) is 19.2 Å². The highest BCUT2D eigenvalue weighted by molar-refractivity contribution is 4.66. The third-order valence-corrected chi connectivity index (χ3v) is 10.5. The second-order valence-corrected chi connectivity index (χ2v) is 16.6. The maximum Gasteiger partial charge on any atom is 0.0726 e. The van der Waals surface area contributed by atoms with Crippen LogP contribution in [0, 0.1) is 5.92 Å². The van der Waals surface area contributed by atoms with Crippen molar-refractivity contribution in [2.75, 3.05) is 66.8 Å². The molecular weight excluding hydrogens is 765 g/mol. The van der Waals surface area contributed by atoms with Gasteiger partial charge in [-0.2, -0.15) is 5.06 Å². The quantitative estimate of drug-likeness (QED) is 0.0210. The zero-order chi connectivity index (χ0) is 45.1. The molecule has 7 heteroatoms. The summed E-state index contributed by atoms with van der Waals surface area (Å²) in [4.78, 5) is 2.61. The van der Waals surface area contributed by atoms with Crippen LogP contribution < -0.4 is 11.1 Å². The van der Waals surface area contributed by atoms with Gasteiger partial charge in [0.1, 0.15) is 0 Å². The number of ether oxygens (including phenoxy) is 1. The first-order chi connectivity index (χ1) is 28.9. The number of rotatable bonds is 43. The number of allylic oxidation sites excluding steroid dienone is 1. The minimum Gasteiger partial charge on any atom is -0.396 e. The molecule has 0 aliphatic heterocycles. The van der Waals surface area contributed by atoms with Gasteiger partial charge in [0.05, 0.1) is 6.67 Å². The summed E-state index contributed by atoms with van der Waals surface area (Å²) in [5.74, 6) is 0.696. The maximum atomic E-state index is 9.29. The molecule has 0 heterocycles. The first-order valence-corrected chi connectivity index (χ1v) is 26.1. The molecule has 1 unspecified atom stereocenters. The first kappa shape index (κ1) is 78.6. The van der Waals surface area contributed by atoms with Gasteiger partial charge in [0.15, 0.2) is 0 Å². The molecule has 388 valence electrons. The van der Waals surface area contributed by atoms with Gasteiger partial charge in [-0.15, -0.1) is 6.58 Å². The first-order valence-electron chi connectivity index (χ1n) is 26.1. The summed E-state index contributed by atoms with van der Waals surface area (Å²) in [5.41, 5.74) is 4.50. The Hall–Kier alpha value is -0.540. The molecule has 0 aliphatic carbocycles. The Bertz CT molecular complexity index is 649. The Kier molecular flexibility index (Phi) is 102. The fraction of sp³-hybridized carbons (Fsp3) is 0.964. The molecule has 5 N–H and O–H groups in total. The summed E-state index contributed by atoms with van der Waals surface area (Å²) in [5, 5.41) is 22.3. The van der Waals surface area contributed by atoms with Gasteiger partial charge >= 0.3 is 0 Å². The van der Waals surface area contributed by atoms with Crippen LogP contribution in [0.5, 0.6) is 0 Å².